The third-order valence-corrected chi connectivity index (χ3v) is 10.3. The molecule has 9 rings (SSSR count). The molecule has 0 N–H and O–H groups in total. The first-order valence-electron chi connectivity index (χ1n) is 18.4. The molecular weight excluding hydrogens is 659 g/mol. The van der Waals surface area contributed by atoms with Gasteiger partial charge in [-0.25, -0.2) is 9.98 Å². The summed E-state index contributed by atoms with van der Waals surface area (Å²) in [5.74, 6) is 0.919. The van der Waals surface area contributed by atoms with Gasteiger partial charge >= 0.3 is 0 Å². The Kier molecular flexibility index (Phi) is 8.36. The highest BCUT2D eigenvalue weighted by Crippen LogP contribution is 2.40. The Morgan fingerprint density at radius 2 is 1.33 bits per heavy atom. The molecule has 54 heavy (non-hydrogen) atoms. The molecule has 6 aromatic carbocycles. The lowest BCUT2D eigenvalue weighted by molar-refractivity contribution is 0.668. The fraction of sp³-hybridized carbons (Fsp3) is 0.0800. The van der Waals surface area contributed by atoms with Gasteiger partial charge in [0.25, 0.3) is 0 Å². The molecule has 2 heterocycles. The van der Waals surface area contributed by atoms with Crippen LogP contribution in [0.1, 0.15) is 31.4 Å². The lowest BCUT2D eigenvalue weighted by Crippen LogP contribution is -2.13. The average Bonchev–Trinajstić information content (AvgIpc) is 3.76. The quantitative estimate of drug-likeness (QED) is 0.121. The Hall–Kier alpha value is -6.78. The number of aliphatic imine (C=N–C) groups is 2. The van der Waals surface area contributed by atoms with E-state index in [0.29, 0.717) is 17.5 Å². The van der Waals surface area contributed by atoms with Crippen LogP contribution in [0.15, 0.2) is 196 Å². The number of rotatable bonds is 7. The summed E-state index contributed by atoms with van der Waals surface area (Å²) in [6, 6.07) is 48.5. The molecule has 2 aromatic heterocycles. The Morgan fingerprint density at radius 1 is 0.685 bits per heavy atom. The molecule has 0 fully saturated rings. The number of nitrogens with zero attached hydrogens (tertiary/aromatic N) is 3. The van der Waals surface area contributed by atoms with Crippen molar-refractivity contribution in [2.45, 2.75) is 20.3 Å². The van der Waals surface area contributed by atoms with Crippen LogP contribution in [0.25, 0.3) is 66.3 Å². The molecule has 0 bridgehead atoms. The molecule has 1 unspecified atom stereocenters. The number of allylic oxidation sites excluding steroid dienone is 5. The van der Waals surface area contributed by atoms with Crippen molar-refractivity contribution in [2.24, 2.45) is 15.9 Å². The van der Waals surface area contributed by atoms with Crippen molar-refractivity contribution in [1.29, 1.82) is 0 Å². The maximum Gasteiger partial charge on any atom is 0.164 e. The van der Waals surface area contributed by atoms with Gasteiger partial charge in [0.2, 0.25) is 0 Å². The van der Waals surface area contributed by atoms with Gasteiger partial charge in [-0.2, -0.15) is 0 Å². The van der Waals surface area contributed by atoms with Crippen molar-refractivity contribution in [3.63, 3.8) is 0 Å². The highest BCUT2D eigenvalue weighted by molar-refractivity contribution is 6.24. The maximum absolute atomic E-state index is 6.84. The van der Waals surface area contributed by atoms with E-state index in [1.165, 1.54) is 10.8 Å². The Morgan fingerprint density at radius 3 is 2.04 bits per heavy atom. The molecule has 0 amide bonds. The van der Waals surface area contributed by atoms with Crippen molar-refractivity contribution < 1.29 is 4.42 Å². The van der Waals surface area contributed by atoms with Crippen molar-refractivity contribution in [3.05, 3.63) is 193 Å². The third-order valence-electron chi connectivity index (χ3n) is 10.3. The van der Waals surface area contributed by atoms with E-state index in [9.17, 15) is 0 Å². The molecule has 1 aliphatic rings. The van der Waals surface area contributed by atoms with Crippen LogP contribution in [0.5, 0.6) is 0 Å². The van der Waals surface area contributed by atoms with Gasteiger partial charge in [-0.15, -0.1) is 0 Å². The van der Waals surface area contributed by atoms with E-state index in [-0.39, 0.29) is 0 Å². The third kappa shape index (κ3) is 5.82. The zero-order valence-corrected chi connectivity index (χ0v) is 30.5. The molecule has 1 aliphatic carbocycles. The first kappa shape index (κ1) is 33.1. The molecule has 0 saturated heterocycles. The van der Waals surface area contributed by atoms with Crippen LogP contribution in [0.3, 0.4) is 0 Å². The molecule has 8 aromatic rings. The van der Waals surface area contributed by atoms with Gasteiger partial charge in [0.1, 0.15) is 11.2 Å². The minimum absolute atomic E-state index is 0.395. The van der Waals surface area contributed by atoms with Gasteiger partial charge < -0.3 is 8.98 Å². The number of para-hydroxylation sites is 3. The van der Waals surface area contributed by atoms with Crippen LogP contribution in [-0.2, 0) is 0 Å². The molecule has 4 heteroatoms. The average molecular weight is 698 g/mol. The summed E-state index contributed by atoms with van der Waals surface area (Å²) in [6.07, 6.45) is 7.35. The van der Waals surface area contributed by atoms with Crippen LogP contribution in [0, 0.1) is 5.92 Å². The van der Waals surface area contributed by atoms with Crippen molar-refractivity contribution in [1.82, 2.24) is 4.57 Å². The number of furan rings is 1. The van der Waals surface area contributed by atoms with Crippen LogP contribution < -0.4 is 0 Å². The van der Waals surface area contributed by atoms with Gasteiger partial charge in [-0.1, -0.05) is 148 Å². The largest absolute Gasteiger partial charge is 0.455 e. The highest BCUT2D eigenvalue weighted by atomic mass is 16.3. The van der Waals surface area contributed by atoms with E-state index in [4.69, 9.17) is 14.4 Å². The molecule has 1 atom stereocenters. The second-order valence-corrected chi connectivity index (χ2v) is 14.1. The predicted octanol–water partition coefficient (Wildman–Crippen LogP) is 13.3. The number of fused-ring (bicyclic) bond motifs is 6. The Balaban J connectivity index is 1.25. The second kappa shape index (κ2) is 13.6. The molecule has 0 aliphatic heterocycles. The van der Waals surface area contributed by atoms with Crippen LogP contribution in [0.4, 0.5) is 0 Å². The molecule has 260 valence electrons. The topological polar surface area (TPSA) is 42.8 Å². The van der Waals surface area contributed by atoms with Gasteiger partial charge in [-0.05, 0) is 77.4 Å². The summed E-state index contributed by atoms with van der Waals surface area (Å²) >= 11 is 0. The summed E-state index contributed by atoms with van der Waals surface area (Å²) in [4.78, 5) is 10.6. The Labute approximate surface area is 315 Å². The molecule has 0 radical (unpaired) electrons. The van der Waals surface area contributed by atoms with Gasteiger partial charge in [0.05, 0.1) is 39.1 Å². The Bertz CT molecular complexity index is 2840. The first-order valence-corrected chi connectivity index (χ1v) is 18.4. The van der Waals surface area contributed by atoms with Gasteiger partial charge in [0, 0.05) is 16.2 Å². The number of amidine groups is 1. The van der Waals surface area contributed by atoms with Crippen molar-refractivity contribution in [2.75, 3.05) is 0 Å². The molecular formula is C50H39N3O. The molecule has 4 nitrogen and oxygen atoms in total. The summed E-state index contributed by atoms with van der Waals surface area (Å²) in [7, 11) is 0. The van der Waals surface area contributed by atoms with E-state index < -0.39 is 0 Å². The van der Waals surface area contributed by atoms with Crippen LogP contribution in [-0.4, -0.2) is 16.1 Å². The van der Waals surface area contributed by atoms with Crippen molar-refractivity contribution in [3.8, 4) is 16.8 Å². The van der Waals surface area contributed by atoms with Crippen LogP contribution in [0.2, 0.25) is 0 Å². The smallest absolute Gasteiger partial charge is 0.164 e. The standard InChI is InChI=1S/C50H39N3O/c1-32(2)48(38-18-12-15-33(3)31-38)52-50(51-34(4)35-27-29-37(30-28-35)36-16-6-5-7-17-36)42-22-13-21-41-47-45(25-14-26-46(47)54-49(41)42)53-43-23-10-8-19-39(43)40-20-9-11-24-44(40)53/h5-30,33H,1,4,31H2,2-3H3. The zero-order valence-electron chi connectivity index (χ0n) is 30.5. The lowest BCUT2D eigenvalue weighted by Gasteiger charge is -2.17. The summed E-state index contributed by atoms with van der Waals surface area (Å²) in [5, 5.41) is 4.46. The SMILES string of the molecule is C=C(C)C(=NC(=NC(=C)c1ccc(-c2ccccc2)cc1)c1cccc2c1oc1cccc(-n3c4ccccc4c4ccccc43)c12)C1=CC=CC(C)C1. The van der Waals surface area contributed by atoms with E-state index in [1.54, 1.807) is 0 Å². The van der Waals surface area contributed by atoms with Gasteiger partial charge in [-0.3, -0.25) is 0 Å². The van der Waals surface area contributed by atoms with E-state index in [2.05, 4.69) is 164 Å². The van der Waals surface area contributed by atoms with E-state index >= 15 is 0 Å². The normalized spacial score (nSPS) is 15.0. The highest BCUT2D eigenvalue weighted by Gasteiger charge is 2.22. The predicted molar refractivity (Wildman–Crippen MR) is 229 cm³/mol. The minimum atomic E-state index is 0.395. The number of aromatic nitrogens is 1. The van der Waals surface area contributed by atoms with Crippen LogP contribution >= 0.6 is 0 Å². The fourth-order valence-electron chi connectivity index (χ4n) is 7.76. The van der Waals surface area contributed by atoms with E-state index in [1.807, 2.05) is 25.1 Å². The summed E-state index contributed by atoms with van der Waals surface area (Å²) < 4.78 is 9.20. The second-order valence-electron chi connectivity index (χ2n) is 14.1. The first-order chi connectivity index (χ1) is 26.4. The number of hydrogen-bond acceptors (Lipinski definition) is 2. The summed E-state index contributed by atoms with van der Waals surface area (Å²) in [6.45, 7) is 13.1. The summed E-state index contributed by atoms with van der Waals surface area (Å²) in [5.41, 5.74) is 12.3. The molecule has 0 spiro atoms. The molecule has 0 saturated carbocycles. The number of hydrogen-bond donors (Lipinski definition) is 0. The zero-order chi connectivity index (χ0) is 36.8. The van der Waals surface area contributed by atoms with Gasteiger partial charge in [0.15, 0.2) is 5.84 Å². The lowest BCUT2D eigenvalue weighted by atomic mass is 9.90. The number of benzene rings is 6. The fourth-order valence-corrected chi connectivity index (χ4v) is 7.76. The minimum Gasteiger partial charge on any atom is -0.455 e. The monoisotopic (exact) mass is 697 g/mol. The van der Waals surface area contributed by atoms with E-state index in [0.717, 1.165) is 84.2 Å². The van der Waals surface area contributed by atoms with Crippen molar-refractivity contribution >= 4 is 61.0 Å². The maximum atomic E-state index is 6.84.